The molecule has 10 atom stereocenters. The van der Waals surface area contributed by atoms with Crippen molar-refractivity contribution in [1.82, 2.24) is 0 Å². The molecule has 0 radical (unpaired) electrons. The summed E-state index contributed by atoms with van der Waals surface area (Å²) in [4.78, 5) is 13.2. The minimum absolute atomic E-state index is 0.0863. The SMILES string of the molecule is C=C(C)[C@@H]1CC[C@H]2[C@@]34CO[C@@](O)([C@@H](O)[C@@H]3C(C)(C)C[C@H](O)[C@H]4O)[C@@]2(C(C)=O)[C@@H]1O. The maximum absolute atomic E-state index is 13.2. The molecule has 2 bridgehead atoms. The number of rotatable bonds is 2. The molecular formula is C22H34O7. The fraction of sp³-hybridized carbons (Fsp3) is 0.864. The fourth-order valence-electron chi connectivity index (χ4n) is 8.01. The van der Waals surface area contributed by atoms with E-state index in [1.54, 1.807) is 6.92 Å². The second kappa shape index (κ2) is 6.11. The highest BCUT2D eigenvalue weighted by molar-refractivity contribution is 5.86. The zero-order valence-electron chi connectivity index (χ0n) is 17.6. The Morgan fingerprint density at radius 1 is 1.03 bits per heavy atom. The molecule has 0 amide bonds. The van der Waals surface area contributed by atoms with E-state index in [1.807, 2.05) is 13.8 Å². The van der Waals surface area contributed by atoms with Crippen molar-refractivity contribution in [3.8, 4) is 0 Å². The van der Waals surface area contributed by atoms with Crippen LogP contribution >= 0.6 is 0 Å². The van der Waals surface area contributed by atoms with Crippen LogP contribution in [-0.2, 0) is 9.53 Å². The minimum atomic E-state index is -2.28. The molecule has 29 heavy (non-hydrogen) atoms. The molecule has 164 valence electrons. The molecule has 0 aromatic carbocycles. The van der Waals surface area contributed by atoms with E-state index in [0.29, 0.717) is 18.4 Å². The lowest BCUT2D eigenvalue weighted by Gasteiger charge is -2.76. The van der Waals surface area contributed by atoms with Crippen molar-refractivity contribution >= 4 is 5.78 Å². The summed E-state index contributed by atoms with van der Waals surface area (Å²) in [6, 6.07) is 0. The summed E-state index contributed by atoms with van der Waals surface area (Å²) in [7, 11) is 0. The summed E-state index contributed by atoms with van der Waals surface area (Å²) in [5.74, 6) is -4.44. The maximum atomic E-state index is 13.2. The summed E-state index contributed by atoms with van der Waals surface area (Å²) < 4.78 is 5.81. The first-order chi connectivity index (χ1) is 13.3. The zero-order valence-corrected chi connectivity index (χ0v) is 17.6. The van der Waals surface area contributed by atoms with Crippen molar-refractivity contribution in [3.63, 3.8) is 0 Å². The third kappa shape index (κ3) is 2.16. The van der Waals surface area contributed by atoms with Gasteiger partial charge in [0.15, 0.2) is 0 Å². The molecule has 5 aliphatic rings. The lowest BCUT2D eigenvalue weighted by atomic mass is 9.34. The Labute approximate surface area is 171 Å². The number of aliphatic hydroxyl groups excluding tert-OH is 4. The number of carbonyl (C=O) groups is 1. The summed E-state index contributed by atoms with van der Waals surface area (Å²) >= 11 is 0. The number of ether oxygens (including phenoxy) is 1. The second-order valence-electron chi connectivity index (χ2n) is 10.7. The molecule has 3 saturated carbocycles. The molecule has 7 nitrogen and oxygen atoms in total. The maximum Gasteiger partial charge on any atom is 0.208 e. The van der Waals surface area contributed by atoms with Gasteiger partial charge in [0.2, 0.25) is 5.79 Å². The summed E-state index contributed by atoms with van der Waals surface area (Å²) in [6.07, 6.45) is -3.86. The van der Waals surface area contributed by atoms with Crippen molar-refractivity contribution in [2.45, 2.75) is 77.2 Å². The van der Waals surface area contributed by atoms with Gasteiger partial charge < -0.3 is 30.3 Å². The highest BCUT2D eigenvalue weighted by Gasteiger charge is 2.84. The van der Waals surface area contributed by atoms with Crippen LogP contribution in [0.5, 0.6) is 0 Å². The quantitative estimate of drug-likeness (QED) is 0.416. The summed E-state index contributed by atoms with van der Waals surface area (Å²) in [5, 5.41) is 56.6. The summed E-state index contributed by atoms with van der Waals surface area (Å²) in [5.41, 5.74) is -2.89. The lowest BCUT2D eigenvalue weighted by molar-refractivity contribution is -0.466. The molecule has 0 unspecified atom stereocenters. The number of fused-ring (bicyclic) bond motifs is 1. The highest BCUT2D eigenvalue weighted by Crippen LogP contribution is 2.74. The molecule has 0 aromatic rings. The third-order valence-electron chi connectivity index (χ3n) is 8.95. The van der Waals surface area contributed by atoms with Gasteiger partial charge in [0.25, 0.3) is 0 Å². The second-order valence-corrected chi connectivity index (χ2v) is 10.7. The van der Waals surface area contributed by atoms with E-state index in [2.05, 4.69) is 6.58 Å². The third-order valence-corrected chi connectivity index (χ3v) is 8.95. The van der Waals surface area contributed by atoms with Gasteiger partial charge in [-0.2, -0.15) is 0 Å². The van der Waals surface area contributed by atoms with E-state index >= 15 is 0 Å². The average molecular weight is 411 g/mol. The van der Waals surface area contributed by atoms with Crippen LogP contribution < -0.4 is 0 Å². The van der Waals surface area contributed by atoms with Crippen molar-refractivity contribution < 1.29 is 35.1 Å². The standard InChI is InChI=1S/C22H34O7/c1-10(2)12-6-7-14-20-9-29-22(28,21(14,11(3)23)16(12)25)18(27)15(20)19(4,5)8-13(24)17(20)26/h12-18,24-28H,1,6-9H2,2-5H3/t12-,13-,14-,15+,16+,17+,18-,20-,21+,22-/m0/s1. The van der Waals surface area contributed by atoms with E-state index in [9.17, 15) is 30.3 Å². The Kier molecular flexibility index (Phi) is 4.51. The smallest absolute Gasteiger partial charge is 0.208 e. The minimum Gasteiger partial charge on any atom is -0.391 e. The van der Waals surface area contributed by atoms with Gasteiger partial charge in [0.1, 0.15) is 17.3 Å². The van der Waals surface area contributed by atoms with Crippen LogP contribution in [0, 0.1) is 34.0 Å². The molecule has 7 heteroatoms. The number of hydrogen-bond donors (Lipinski definition) is 5. The molecule has 2 heterocycles. The predicted octanol–water partition coefficient (Wildman–Crippen LogP) is 0.373. The Bertz CT molecular complexity index is 749. The topological polar surface area (TPSA) is 127 Å². The number of aliphatic hydroxyl groups is 5. The molecule has 5 fully saturated rings. The Balaban J connectivity index is 2.01. The van der Waals surface area contributed by atoms with Crippen LogP contribution in [0.2, 0.25) is 0 Å². The van der Waals surface area contributed by atoms with Crippen molar-refractivity contribution in [3.05, 3.63) is 12.2 Å². The number of Topliss-reactive ketones (excluding diaryl/α,β-unsaturated/α-hetero) is 1. The molecule has 5 N–H and O–H groups in total. The van der Waals surface area contributed by atoms with Crippen molar-refractivity contribution in [2.75, 3.05) is 6.61 Å². The van der Waals surface area contributed by atoms with Crippen LogP contribution in [0.1, 0.15) is 47.0 Å². The van der Waals surface area contributed by atoms with Gasteiger partial charge in [-0.25, -0.2) is 0 Å². The first kappa shape index (κ1) is 21.4. The Morgan fingerprint density at radius 3 is 2.21 bits per heavy atom. The number of carbonyl (C=O) groups excluding carboxylic acids is 1. The van der Waals surface area contributed by atoms with Crippen LogP contribution in [0.15, 0.2) is 12.2 Å². The molecular weight excluding hydrogens is 376 g/mol. The van der Waals surface area contributed by atoms with E-state index < -0.39 is 70.0 Å². The van der Waals surface area contributed by atoms with E-state index in [1.165, 1.54) is 6.92 Å². The van der Waals surface area contributed by atoms with Gasteiger partial charge in [0.05, 0.1) is 24.9 Å². The van der Waals surface area contributed by atoms with Gasteiger partial charge in [0, 0.05) is 17.3 Å². The zero-order chi connectivity index (χ0) is 21.7. The van der Waals surface area contributed by atoms with Gasteiger partial charge in [-0.3, -0.25) is 4.79 Å². The number of ketones is 1. The molecule has 0 aromatic heterocycles. The van der Waals surface area contributed by atoms with Gasteiger partial charge >= 0.3 is 0 Å². The molecule has 5 rings (SSSR count). The van der Waals surface area contributed by atoms with Crippen molar-refractivity contribution in [2.24, 2.45) is 34.0 Å². The normalized spacial score (nSPS) is 55.7. The van der Waals surface area contributed by atoms with Gasteiger partial charge in [-0.05, 0) is 44.4 Å². The van der Waals surface area contributed by atoms with Crippen LogP contribution in [0.3, 0.4) is 0 Å². The first-order valence-electron chi connectivity index (χ1n) is 10.5. The highest BCUT2D eigenvalue weighted by atomic mass is 16.6. The van der Waals surface area contributed by atoms with Crippen LogP contribution in [0.25, 0.3) is 0 Å². The van der Waals surface area contributed by atoms with Crippen molar-refractivity contribution in [1.29, 1.82) is 0 Å². The molecule has 2 aliphatic heterocycles. The predicted molar refractivity (Wildman–Crippen MR) is 103 cm³/mol. The van der Waals surface area contributed by atoms with E-state index in [-0.39, 0.29) is 13.0 Å². The van der Waals surface area contributed by atoms with Crippen LogP contribution in [0.4, 0.5) is 0 Å². The van der Waals surface area contributed by atoms with E-state index in [4.69, 9.17) is 4.74 Å². The number of hydrogen-bond acceptors (Lipinski definition) is 7. The van der Waals surface area contributed by atoms with Crippen LogP contribution in [-0.4, -0.2) is 68.1 Å². The van der Waals surface area contributed by atoms with Gasteiger partial charge in [-0.15, -0.1) is 0 Å². The molecule has 1 spiro atoms. The molecule has 3 aliphatic carbocycles. The average Bonchev–Trinajstić information content (AvgIpc) is 2.60. The Hall–Kier alpha value is -0.830. The first-order valence-corrected chi connectivity index (χ1v) is 10.5. The van der Waals surface area contributed by atoms with E-state index in [0.717, 1.165) is 0 Å². The summed E-state index contributed by atoms with van der Waals surface area (Å²) in [6.45, 7) is 10.7. The fourth-order valence-corrected chi connectivity index (χ4v) is 8.01. The monoisotopic (exact) mass is 410 g/mol. The lowest BCUT2D eigenvalue weighted by Crippen LogP contribution is -2.87. The largest absolute Gasteiger partial charge is 0.391 e. The van der Waals surface area contributed by atoms with Gasteiger partial charge in [-0.1, -0.05) is 26.0 Å². The molecule has 2 saturated heterocycles. The Morgan fingerprint density at radius 2 is 1.66 bits per heavy atom.